The first-order chi connectivity index (χ1) is 11.3. The van der Waals surface area contributed by atoms with Gasteiger partial charge in [-0.15, -0.1) is 10.2 Å². The van der Waals surface area contributed by atoms with Crippen LogP contribution in [0.1, 0.15) is 0 Å². The van der Waals surface area contributed by atoms with Crippen molar-refractivity contribution in [1.82, 2.24) is 10.2 Å². The highest BCUT2D eigenvalue weighted by Crippen LogP contribution is 2.30. The fourth-order valence-corrected chi connectivity index (χ4v) is 2.94. The minimum absolute atomic E-state index is 0.435. The first-order valence-corrected chi connectivity index (χ1v) is 7.77. The van der Waals surface area contributed by atoms with Gasteiger partial charge in [-0.1, -0.05) is 90.5 Å². The number of nitrogens with zero attached hydrogens (tertiary/aromatic N) is 2. The molecule has 3 heteroatoms. The fraction of sp³-hybridized carbons (Fsp3) is 0. The van der Waals surface area contributed by atoms with Crippen LogP contribution in [0.3, 0.4) is 0 Å². The highest BCUT2D eigenvalue weighted by molar-refractivity contribution is 6.34. The van der Waals surface area contributed by atoms with Gasteiger partial charge < -0.3 is 0 Å². The maximum atomic E-state index is 6.15. The minimum atomic E-state index is 0.435. The van der Waals surface area contributed by atoms with Crippen LogP contribution >= 0.6 is 11.6 Å². The molecule has 2 nitrogen and oxygen atoms in total. The number of fused-ring (bicyclic) bond motifs is 1. The van der Waals surface area contributed by atoms with E-state index >= 15 is 0 Å². The van der Waals surface area contributed by atoms with Crippen LogP contribution in [0.5, 0.6) is 0 Å². The summed E-state index contributed by atoms with van der Waals surface area (Å²) in [5, 5.41) is 10.7. The molecule has 0 saturated heterocycles. The second kappa shape index (κ2) is 5.82. The number of aromatic nitrogens is 2. The van der Waals surface area contributed by atoms with E-state index in [1.165, 1.54) is 11.1 Å². The van der Waals surface area contributed by atoms with Gasteiger partial charge >= 0.3 is 0 Å². The average Bonchev–Trinajstić information content (AvgIpc) is 2.63. The van der Waals surface area contributed by atoms with Crippen molar-refractivity contribution < 1.29 is 0 Å². The van der Waals surface area contributed by atoms with Gasteiger partial charge in [0, 0.05) is 16.3 Å². The van der Waals surface area contributed by atoms with Gasteiger partial charge in [-0.2, -0.15) is 0 Å². The monoisotopic (exact) mass is 316 g/mol. The standard InChI is InChI=1S/C20H13ClN2/c21-20-18-9-5-4-8-17(18)19(22-23-20)16-12-10-15(11-13-16)14-6-2-1-3-7-14/h1-13H. The molecule has 0 aliphatic carbocycles. The molecule has 1 aromatic heterocycles. The van der Waals surface area contributed by atoms with E-state index in [-0.39, 0.29) is 0 Å². The lowest BCUT2D eigenvalue weighted by molar-refractivity contribution is 1.06. The maximum Gasteiger partial charge on any atom is 0.159 e. The molecule has 0 fully saturated rings. The van der Waals surface area contributed by atoms with E-state index < -0.39 is 0 Å². The molecule has 1 heterocycles. The summed E-state index contributed by atoms with van der Waals surface area (Å²) in [6, 6.07) is 26.6. The molecule has 4 aromatic rings. The van der Waals surface area contributed by atoms with E-state index in [0.29, 0.717) is 5.15 Å². The lowest BCUT2D eigenvalue weighted by Gasteiger charge is -2.07. The molecule has 4 rings (SSSR count). The van der Waals surface area contributed by atoms with Gasteiger partial charge in [0.2, 0.25) is 0 Å². The van der Waals surface area contributed by atoms with Crippen molar-refractivity contribution in [3.63, 3.8) is 0 Å². The molecule has 0 aliphatic rings. The van der Waals surface area contributed by atoms with Crippen LogP contribution < -0.4 is 0 Å². The third-order valence-electron chi connectivity index (χ3n) is 3.91. The van der Waals surface area contributed by atoms with Crippen LogP contribution in [0.15, 0.2) is 78.9 Å². The largest absolute Gasteiger partial charge is 0.159 e. The van der Waals surface area contributed by atoms with E-state index in [2.05, 4.69) is 46.6 Å². The summed E-state index contributed by atoms with van der Waals surface area (Å²) in [6.07, 6.45) is 0. The smallest absolute Gasteiger partial charge is 0.148 e. The molecule has 0 saturated carbocycles. The molecule has 0 amide bonds. The number of hydrogen-bond acceptors (Lipinski definition) is 2. The van der Waals surface area contributed by atoms with E-state index in [1.807, 2.05) is 42.5 Å². The molecule has 0 aliphatic heterocycles. The SMILES string of the molecule is Clc1nnc(-c2ccc(-c3ccccc3)cc2)c2ccccc12. The highest BCUT2D eigenvalue weighted by atomic mass is 35.5. The highest BCUT2D eigenvalue weighted by Gasteiger charge is 2.09. The number of benzene rings is 3. The number of halogens is 1. The molecule has 0 atom stereocenters. The Hall–Kier alpha value is -2.71. The van der Waals surface area contributed by atoms with Crippen LogP contribution in [0.2, 0.25) is 5.15 Å². The second-order valence-electron chi connectivity index (χ2n) is 5.33. The summed E-state index contributed by atoms with van der Waals surface area (Å²) in [6.45, 7) is 0. The van der Waals surface area contributed by atoms with Gasteiger partial charge in [0.05, 0.1) is 0 Å². The molecule has 110 valence electrons. The minimum Gasteiger partial charge on any atom is -0.148 e. The summed E-state index contributed by atoms with van der Waals surface area (Å²) < 4.78 is 0. The third-order valence-corrected chi connectivity index (χ3v) is 4.19. The summed E-state index contributed by atoms with van der Waals surface area (Å²) in [7, 11) is 0. The Bertz CT molecular complexity index is 964. The van der Waals surface area contributed by atoms with Crippen LogP contribution in [0.4, 0.5) is 0 Å². The summed E-state index contributed by atoms with van der Waals surface area (Å²) in [4.78, 5) is 0. The summed E-state index contributed by atoms with van der Waals surface area (Å²) >= 11 is 6.15. The van der Waals surface area contributed by atoms with Crippen molar-refractivity contribution in [3.8, 4) is 22.4 Å². The van der Waals surface area contributed by atoms with Gasteiger partial charge in [-0.25, -0.2) is 0 Å². The molecule has 0 N–H and O–H groups in total. The van der Waals surface area contributed by atoms with Gasteiger partial charge in [-0.05, 0) is 11.1 Å². The van der Waals surface area contributed by atoms with Crippen LogP contribution in [0.25, 0.3) is 33.2 Å². The second-order valence-corrected chi connectivity index (χ2v) is 5.69. The molecule has 0 radical (unpaired) electrons. The third kappa shape index (κ3) is 2.58. The van der Waals surface area contributed by atoms with E-state index in [1.54, 1.807) is 0 Å². The van der Waals surface area contributed by atoms with Crippen molar-refractivity contribution in [2.75, 3.05) is 0 Å². The van der Waals surface area contributed by atoms with Gasteiger partial charge in [0.15, 0.2) is 5.15 Å². The Morgan fingerprint density at radius 2 is 1.09 bits per heavy atom. The Morgan fingerprint density at radius 3 is 1.83 bits per heavy atom. The van der Waals surface area contributed by atoms with Gasteiger partial charge in [0.25, 0.3) is 0 Å². The van der Waals surface area contributed by atoms with Crippen molar-refractivity contribution in [2.24, 2.45) is 0 Å². The Morgan fingerprint density at radius 1 is 0.522 bits per heavy atom. The van der Waals surface area contributed by atoms with Crippen LogP contribution in [-0.2, 0) is 0 Å². The average molecular weight is 317 g/mol. The number of rotatable bonds is 2. The Labute approximate surface area is 139 Å². The molecule has 3 aromatic carbocycles. The van der Waals surface area contributed by atoms with Crippen LogP contribution in [0, 0.1) is 0 Å². The molecule has 0 unspecified atom stereocenters. The number of hydrogen-bond donors (Lipinski definition) is 0. The molecular formula is C20H13ClN2. The van der Waals surface area contributed by atoms with Crippen LogP contribution in [-0.4, -0.2) is 10.2 Å². The predicted octanol–water partition coefficient (Wildman–Crippen LogP) is 5.62. The first kappa shape index (κ1) is 13.9. The first-order valence-electron chi connectivity index (χ1n) is 7.40. The quantitative estimate of drug-likeness (QED) is 0.480. The van der Waals surface area contributed by atoms with E-state index in [9.17, 15) is 0 Å². The van der Waals surface area contributed by atoms with Crippen molar-refractivity contribution in [1.29, 1.82) is 0 Å². The van der Waals surface area contributed by atoms with Crippen molar-refractivity contribution in [2.45, 2.75) is 0 Å². The van der Waals surface area contributed by atoms with Gasteiger partial charge in [-0.3, -0.25) is 0 Å². The van der Waals surface area contributed by atoms with Crippen molar-refractivity contribution in [3.05, 3.63) is 84.0 Å². The summed E-state index contributed by atoms with van der Waals surface area (Å²) in [5.74, 6) is 0. The molecular weight excluding hydrogens is 304 g/mol. The predicted molar refractivity (Wildman–Crippen MR) is 95.4 cm³/mol. The molecule has 0 bridgehead atoms. The Kier molecular flexibility index (Phi) is 3.52. The lowest BCUT2D eigenvalue weighted by atomic mass is 10.0. The van der Waals surface area contributed by atoms with Gasteiger partial charge in [0.1, 0.15) is 5.69 Å². The summed E-state index contributed by atoms with van der Waals surface area (Å²) in [5.41, 5.74) is 4.27. The topological polar surface area (TPSA) is 25.8 Å². The zero-order valence-corrected chi connectivity index (χ0v) is 13.0. The molecule has 0 spiro atoms. The normalized spacial score (nSPS) is 10.8. The van der Waals surface area contributed by atoms with E-state index in [0.717, 1.165) is 22.0 Å². The lowest BCUT2D eigenvalue weighted by Crippen LogP contribution is -1.91. The van der Waals surface area contributed by atoms with E-state index in [4.69, 9.17) is 11.6 Å². The zero-order valence-electron chi connectivity index (χ0n) is 12.3. The maximum absolute atomic E-state index is 6.15. The Balaban J connectivity index is 1.82. The van der Waals surface area contributed by atoms with Crippen molar-refractivity contribution >= 4 is 22.4 Å². The fourth-order valence-electron chi connectivity index (χ4n) is 2.74. The molecule has 23 heavy (non-hydrogen) atoms. The zero-order chi connectivity index (χ0) is 15.6.